The van der Waals surface area contributed by atoms with Gasteiger partial charge in [0, 0.05) is 6.92 Å². The quantitative estimate of drug-likeness (QED) is 0.302. The largest absolute Gasteiger partial charge is 0.467 e. The molecule has 0 amide bonds. The predicted molar refractivity (Wildman–Crippen MR) is 117 cm³/mol. The van der Waals surface area contributed by atoms with E-state index in [2.05, 4.69) is 6.92 Å². The summed E-state index contributed by atoms with van der Waals surface area (Å²) in [5.74, 6) is -2.10. The van der Waals surface area contributed by atoms with E-state index in [1.165, 1.54) is 59.0 Å². The maximum atomic E-state index is 13.1. The Morgan fingerprint density at radius 3 is 2.06 bits per heavy atom. The lowest BCUT2D eigenvalue weighted by atomic mass is 9.76. The number of hydrogen-bond donors (Lipinski definition) is 0. The molecule has 0 saturated carbocycles. The number of rotatable bonds is 13. The smallest absolute Gasteiger partial charge is 0.345 e. The fourth-order valence-electron chi connectivity index (χ4n) is 4.82. The second kappa shape index (κ2) is 11.6. The fourth-order valence-corrected chi connectivity index (χ4v) is 4.82. The van der Waals surface area contributed by atoms with Crippen LogP contribution in [0.3, 0.4) is 0 Å². The van der Waals surface area contributed by atoms with Crippen molar-refractivity contribution in [1.29, 1.82) is 0 Å². The molecule has 2 fully saturated rings. The van der Waals surface area contributed by atoms with Gasteiger partial charge in [-0.3, -0.25) is 4.79 Å². The average Bonchev–Trinajstić information content (AvgIpc) is 3.02. The molecular formula is C24H42O7. The Balaban J connectivity index is 1.99. The van der Waals surface area contributed by atoms with Gasteiger partial charge in [-0.05, 0) is 20.3 Å². The van der Waals surface area contributed by atoms with E-state index in [0.717, 1.165) is 19.3 Å². The van der Waals surface area contributed by atoms with Crippen LogP contribution in [0.2, 0.25) is 0 Å². The lowest BCUT2D eigenvalue weighted by Gasteiger charge is -2.51. The third-order valence-corrected chi connectivity index (χ3v) is 6.43. The molecule has 31 heavy (non-hydrogen) atoms. The molecule has 0 spiro atoms. The minimum Gasteiger partial charge on any atom is -0.467 e. The summed E-state index contributed by atoms with van der Waals surface area (Å²) < 4.78 is 28.8. The summed E-state index contributed by atoms with van der Waals surface area (Å²) in [5.41, 5.74) is -2.57. The van der Waals surface area contributed by atoms with Crippen molar-refractivity contribution in [2.75, 3.05) is 20.3 Å². The van der Waals surface area contributed by atoms with Crippen LogP contribution in [0.4, 0.5) is 0 Å². The van der Waals surface area contributed by atoms with Crippen molar-refractivity contribution in [2.45, 2.75) is 121 Å². The first-order chi connectivity index (χ1) is 14.7. The Morgan fingerprint density at radius 1 is 0.935 bits per heavy atom. The van der Waals surface area contributed by atoms with Crippen molar-refractivity contribution in [2.24, 2.45) is 0 Å². The van der Waals surface area contributed by atoms with E-state index in [4.69, 9.17) is 23.7 Å². The Kier molecular flexibility index (Phi) is 9.77. The number of hydrogen-bond acceptors (Lipinski definition) is 7. The second-order valence-corrected chi connectivity index (χ2v) is 9.35. The zero-order valence-electron chi connectivity index (χ0n) is 20.1. The molecule has 2 saturated heterocycles. The van der Waals surface area contributed by atoms with Crippen LogP contribution >= 0.6 is 0 Å². The van der Waals surface area contributed by atoms with E-state index in [9.17, 15) is 9.59 Å². The van der Waals surface area contributed by atoms with Gasteiger partial charge in [0.2, 0.25) is 5.60 Å². The lowest BCUT2D eigenvalue weighted by molar-refractivity contribution is -0.361. The lowest BCUT2D eigenvalue weighted by Crippen LogP contribution is -2.72. The number of carbonyl (C=O) groups excluding carboxylic acids is 2. The van der Waals surface area contributed by atoms with Crippen molar-refractivity contribution in [1.82, 2.24) is 0 Å². The minimum atomic E-state index is -1.53. The number of ether oxygens (including phenoxy) is 5. The summed E-state index contributed by atoms with van der Waals surface area (Å²) >= 11 is 0. The molecule has 0 aromatic carbocycles. The van der Waals surface area contributed by atoms with Gasteiger partial charge in [0.1, 0.15) is 5.60 Å². The molecule has 2 aliphatic heterocycles. The van der Waals surface area contributed by atoms with E-state index in [-0.39, 0.29) is 13.2 Å². The molecule has 0 aliphatic carbocycles. The summed E-state index contributed by atoms with van der Waals surface area (Å²) in [6.45, 7) is 7.30. The molecule has 7 nitrogen and oxygen atoms in total. The summed E-state index contributed by atoms with van der Waals surface area (Å²) in [6, 6.07) is 0. The van der Waals surface area contributed by atoms with E-state index in [1.54, 1.807) is 13.8 Å². The number of methoxy groups -OCH3 is 1. The van der Waals surface area contributed by atoms with Crippen LogP contribution in [0.5, 0.6) is 0 Å². The molecule has 7 heteroatoms. The molecule has 2 heterocycles. The SMILES string of the molecule is CCCCCCCCCCCC[C@]12COC(C)(C)O[C@@]1(C(=O)OC)[C@H](OC(C)=O)CO2. The van der Waals surface area contributed by atoms with Gasteiger partial charge >= 0.3 is 11.9 Å². The number of esters is 2. The Morgan fingerprint density at radius 2 is 1.52 bits per heavy atom. The summed E-state index contributed by atoms with van der Waals surface area (Å²) in [5, 5.41) is 0. The van der Waals surface area contributed by atoms with Gasteiger partial charge in [-0.25, -0.2) is 4.79 Å². The van der Waals surface area contributed by atoms with Crippen LogP contribution in [-0.4, -0.2) is 55.4 Å². The van der Waals surface area contributed by atoms with Crippen LogP contribution in [0.1, 0.15) is 98.3 Å². The number of unbranched alkanes of at least 4 members (excludes halogenated alkanes) is 9. The molecule has 2 aliphatic rings. The standard InChI is InChI=1S/C24H42O7/c1-6-7-8-9-10-11-12-13-14-15-16-23-18-29-22(3,4)31-24(23,21(26)27-5)20(17-28-23)30-19(2)25/h20H,6-18H2,1-5H3/t20-,23+,24-/m1/s1. The molecule has 180 valence electrons. The van der Waals surface area contributed by atoms with Crippen LogP contribution in [0.25, 0.3) is 0 Å². The Labute approximate surface area is 187 Å². The summed E-state index contributed by atoms with van der Waals surface area (Å²) in [6.07, 6.45) is 11.8. The average molecular weight is 443 g/mol. The van der Waals surface area contributed by atoms with Gasteiger partial charge in [0.15, 0.2) is 11.9 Å². The Hall–Kier alpha value is -1.18. The molecule has 2 rings (SSSR count). The van der Waals surface area contributed by atoms with Crippen LogP contribution in [0.15, 0.2) is 0 Å². The van der Waals surface area contributed by atoms with E-state index >= 15 is 0 Å². The maximum Gasteiger partial charge on any atom is 0.345 e. The highest BCUT2D eigenvalue weighted by Gasteiger charge is 2.73. The van der Waals surface area contributed by atoms with E-state index in [0.29, 0.717) is 6.42 Å². The highest BCUT2D eigenvalue weighted by atomic mass is 16.8. The molecule has 0 radical (unpaired) electrons. The second-order valence-electron chi connectivity index (χ2n) is 9.35. The van der Waals surface area contributed by atoms with E-state index in [1.807, 2.05) is 0 Å². The predicted octanol–water partition coefficient (Wildman–Crippen LogP) is 4.69. The zero-order valence-corrected chi connectivity index (χ0v) is 20.1. The van der Waals surface area contributed by atoms with Crippen LogP contribution in [-0.2, 0) is 33.3 Å². The number of fused-ring (bicyclic) bond motifs is 1. The first-order valence-electron chi connectivity index (χ1n) is 12.0. The third-order valence-electron chi connectivity index (χ3n) is 6.43. The monoisotopic (exact) mass is 442 g/mol. The van der Waals surface area contributed by atoms with Gasteiger partial charge < -0.3 is 23.7 Å². The molecular weight excluding hydrogens is 400 g/mol. The van der Waals surface area contributed by atoms with Crippen molar-refractivity contribution in [3.63, 3.8) is 0 Å². The van der Waals surface area contributed by atoms with Crippen molar-refractivity contribution in [3.8, 4) is 0 Å². The van der Waals surface area contributed by atoms with Gasteiger partial charge in [-0.15, -0.1) is 0 Å². The van der Waals surface area contributed by atoms with Gasteiger partial charge in [-0.2, -0.15) is 0 Å². The molecule has 0 aromatic heterocycles. The van der Waals surface area contributed by atoms with Crippen LogP contribution in [0, 0.1) is 0 Å². The minimum absolute atomic E-state index is 0.0753. The third kappa shape index (κ3) is 6.20. The van der Waals surface area contributed by atoms with Crippen LogP contribution < -0.4 is 0 Å². The van der Waals surface area contributed by atoms with E-state index < -0.39 is 35.0 Å². The highest BCUT2D eigenvalue weighted by molar-refractivity contribution is 5.84. The van der Waals surface area contributed by atoms with Gasteiger partial charge in [0.25, 0.3) is 0 Å². The fraction of sp³-hybridized carbons (Fsp3) is 0.917. The van der Waals surface area contributed by atoms with Crippen molar-refractivity contribution < 1.29 is 33.3 Å². The molecule has 0 N–H and O–H groups in total. The zero-order chi connectivity index (χ0) is 23.0. The first-order valence-corrected chi connectivity index (χ1v) is 12.0. The van der Waals surface area contributed by atoms with Gasteiger partial charge in [0.05, 0.1) is 20.3 Å². The highest BCUT2D eigenvalue weighted by Crippen LogP contribution is 2.50. The molecule has 0 bridgehead atoms. The number of carbonyl (C=O) groups is 2. The summed E-state index contributed by atoms with van der Waals surface area (Å²) in [4.78, 5) is 24.8. The first kappa shape index (κ1) is 26.1. The van der Waals surface area contributed by atoms with Gasteiger partial charge in [-0.1, -0.05) is 71.1 Å². The maximum absolute atomic E-state index is 13.1. The normalized spacial score (nSPS) is 29.4. The van der Waals surface area contributed by atoms with Crippen molar-refractivity contribution in [3.05, 3.63) is 0 Å². The Bertz CT molecular complexity index is 590. The molecule has 3 atom stereocenters. The van der Waals surface area contributed by atoms with Crippen molar-refractivity contribution >= 4 is 11.9 Å². The summed E-state index contributed by atoms with van der Waals surface area (Å²) in [7, 11) is 1.32. The molecule has 0 aromatic rings. The molecule has 0 unspecified atom stereocenters. The topological polar surface area (TPSA) is 80.3 Å².